The summed E-state index contributed by atoms with van der Waals surface area (Å²) in [5.41, 5.74) is 6.22. The summed E-state index contributed by atoms with van der Waals surface area (Å²) >= 11 is 3.17. The highest BCUT2D eigenvalue weighted by molar-refractivity contribution is 9.10. The first-order valence-electron chi connectivity index (χ1n) is 4.35. The van der Waals surface area contributed by atoms with Gasteiger partial charge in [0.1, 0.15) is 5.82 Å². The summed E-state index contributed by atoms with van der Waals surface area (Å²) in [7, 11) is 0. The van der Waals surface area contributed by atoms with Crippen LogP contribution in [-0.4, -0.2) is 17.6 Å². The number of carboxylic acids is 1. The quantitative estimate of drug-likeness (QED) is 0.887. The molecule has 5 heteroatoms. The van der Waals surface area contributed by atoms with Crippen LogP contribution in [0.15, 0.2) is 16.6 Å². The highest BCUT2D eigenvalue weighted by Crippen LogP contribution is 2.25. The highest BCUT2D eigenvalue weighted by Gasteiger charge is 2.22. The van der Waals surface area contributed by atoms with Crippen molar-refractivity contribution in [2.45, 2.75) is 12.8 Å². The molecule has 0 aliphatic heterocycles. The van der Waals surface area contributed by atoms with Crippen molar-refractivity contribution in [2.24, 2.45) is 5.73 Å². The first-order valence-corrected chi connectivity index (χ1v) is 5.15. The van der Waals surface area contributed by atoms with E-state index in [-0.39, 0.29) is 12.1 Å². The molecule has 0 saturated heterocycles. The fraction of sp³-hybridized carbons (Fsp3) is 0.300. The predicted molar refractivity (Wildman–Crippen MR) is 58.3 cm³/mol. The van der Waals surface area contributed by atoms with E-state index in [0.29, 0.717) is 4.47 Å². The average Bonchev–Trinajstić information content (AvgIpc) is 2.14. The van der Waals surface area contributed by atoms with Crippen molar-refractivity contribution in [2.75, 3.05) is 6.54 Å². The van der Waals surface area contributed by atoms with E-state index >= 15 is 0 Å². The van der Waals surface area contributed by atoms with Crippen molar-refractivity contribution in [3.63, 3.8) is 0 Å². The van der Waals surface area contributed by atoms with Crippen LogP contribution in [0.5, 0.6) is 0 Å². The molecule has 0 heterocycles. The lowest BCUT2D eigenvalue weighted by molar-refractivity contribution is -0.138. The van der Waals surface area contributed by atoms with Crippen molar-refractivity contribution in [1.29, 1.82) is 0 Å². The Hall–Kier alpha value is -0.940. The number of nitrogens with two attached hydrogens (primary N) is 1. The van der Waals surface area contributed by atoms with Crippen LogP contribution in [0.25, 0.3) is 0 Å². The standard InChI is InChI=1S/C10H11BrFNO2/c1-5-2-6(7(4-13)10(14)15)9(12)3-8(5)11/h2-3,7H,4,13H2,1H3,(H,14,15). The number of rotatable bonds is 3. The van der Waals surface area contributed by atoms with Crippen molar-refractivity contribution in [1.82, 2.24) is 0 Å². The molecular weight excluding hydrogens is 265 g/mol. The van der Waals surface area contributed by atoms with Gasteiger partial charge in [0.05, 0.1) is 5.92 Å². The Morgan fingerprint density at radius 2 is 2.27 bits per heavy atom. The zero-order valence-corrected chi connectivity index (χ0v) is 9.71. The van der Waals surface area contributed by atoms with Gasteiger partial charge in [-0.05, 0) is 18.6 Å². The molecule has 0 saturated carbocycles. The van der Waals surface area contributed by atoms with Gasteiger partial charge in [-0.2, -0.15) is 0 Å². The Morgan fingerprint density at radius 3 is 2.73 bits per heavy atom. The zero-order valence-electron chi connectivity index (χ0n) is 8.13. The van der Waals surface area contributed by atoms with Gasteiger partial charge in [0.15, 0.2) is 0 Å². The zero-order chi connectivity index (χ0) is 11.6. The van der Waals surface area contributed by atoms with E-state index in [1.54, 1.807) is 6.92 Å². The van der Waals surface area contributed by atoms with Crippen LogP contribution in [-0.2, 0) is 4.79 Å². The molecule has 15 heavy (non-hydrogen) atoms. The molecule has 0 aliphatic rings. The first kappa shape index (κ1) is 12.1. The Bertz CT molecular complexity index is 395. The molecule has 0 aliphatic carbocycles. The van der Waals surface area contributed by atoms with E-state index in [1.165, 1.54) is 12.1 Å². The number of halogens is 2. The van der Waals surface area contributed by atoms with Gasteiger partial charge < -0.3 is 10.8 Å². The third-order valence-electron chi connectivity index (χ3n) is 2.19. The Labute approximate surface area is 95.2 Å². The summed E-state index contributed by atoms with van der Waals surface area (Å²) in [6.45, 7) is 1.65. The summed E-state index contributed by atoms with van der Waals surface area (Å²) in [5.74, 6) is -2.65. The van der Waals surface area contributed by atoms with Crippen LogP contribution in [0.4, 0.5) is 4.39 Å². The SMILES string of the molecule is Cc1cc(C(CN)C(=O)O)c(F)cc1Br. The van der Waals surface area contributed by atoms with E-state index < -0.39 is 17.7 Å². The average molecular weight is 276 g/mol. The van der Waals surface area contributed by atoms with Crippen molar-refractivity contribution in [3.05, 3.63) is 33.5 Å². The first-order chi connectivity index (χ1) is 6.97. The number of carbonyl (C=O) groups is 1. The molecule has 0 amide bonds. The maximum Gasteiger partial charge on any atom is 0.312 e. The van der Waals surface area contributed by atoms with E-state index in [0.717, 1.165) is 5.56 Å². The Kier molecular flexibility index (Phi) is 3.82. The number of aliphatic carboxylic acids is 1. The number of hydrogen-bond acceptors (Lipinski definition) is 2. The summed E-state index contributed by atoms with van der Waals surface area (Å²) in [5, 5.41) is 8.85. The summed E-state index contributed by atoms with van der Waals surface area (Å²) in [6, 6.07) is 2.77. The Morgan fingerprint density at radius 1 is 1.67 bits per heavy atom. The van der Waals surface area contributed by atoms with Crippen LogP contribution >= 0.6 is 15.9 Å². The lowest BCUT2D eigenvalue weighted by Crippen LogP contribution is -2.22. The van der Waals surface area contributed by atoms with Crippen LogP contribution in [0.1, 0.15) is 17.0 Å². The minimum Gasteiger partial charge on any atom is -0.481 e. The third-order valence-corrected chi connectivity index (χ3v) is 3.04. The van der Waals surface area contributed by atoms with E-state index in [9.17, 15) is 9.18 Å². The normalized spacial score (nSPS) is 12.5. The molecule has 82 valence electrons. The number of carboxylic acid groups (broad SMARTS) is 1. The van der Waals surface area contributed by atoms with E-state index in [2.05, 4.69) is 15.9 Å². The van der Waals surface area contributed by atoms with Gasteiger partial charge in [-0.15, -0.1) is 0 Å². The maximum atomic E-state index is 13.5. The smallest absolute Gasteiger partial charge is 0.312 e. The number of hydrogen-bond donors (Lipinski definition) is 2. The second kappa shape index (κ2) is 4.72. The van der Waals surface area contributed by atoms with Crippen molar-refractivity contribution < 1.29 is 14.3 Å². The fourth-order valence-corrected chi connectivity index (χ4v) is 1.62. The summed E-state index contributed by atoms with van der Waals surface area (Å²) in [4.78, 5) is 10.8. The second-order valence-corrected chi connectivity index (χ2v) is 4.10. The fourth-order valence-electron chi connectivity index (χ4n) is 1.31. The van der Waals surface area contributed by atoms with Crippen molar-refractivity contribution >= 4 is 21.9 Å². The maximum absolute atomic E-state index is 13.5. The minimum atomic E-state index is -1.11. The highest BCUT2D eigenvalue weighted by atomic mass is 79.9. The van der Waals surface area contributed by atoms with E-state index in [1.807, 2.05) is 0 Å². The molecule has 1 unspecified atom stereocenters. The summed E-state index contributed by atoms with van der Waals surface area (Å²) in [6.07, 6.45) is 0. The van der Waals surface area contributed by atoms with Gasteiger partial charge in [-0.25, -0.2) is 4.39 Å². The predicted octanol–water partition coefficient (Wildman–Crippen LogP) is 2.02. The third kappa shape index (κ3) is 2.54. The molecule has 3 nitrogen and oxygen atoms in total. The van der Waals surface area contributed by atoms with Crippen LogP contribution in [0.3, 0.4) is 0 Å². The Balaban J connectivity index is 3.24. The van der Waals surface area contributed by atoms with Crippen LogP contribution in [0.2, 0.25) is 0 Å². The van der Waals surface area contributed by atoms with Crippen molar-refractivity contribution in [3.8, 4) is 0 Å². The van der Waals surface area contributed by atoms with Gasteiger partial charge in [-0.3, -0.25) is 4.79 Å². The number of benzene rings is 1. The molecule has 0 bridgehead atoms. The molecular formula is C10H11BrFNO2. The molecule has 0 fully saturated rings. The van der Waals surface area contributed by atoms with Gasteiger partial charge in [0, 0.05) is 16.6 Å². The molecule has 1 atom stereocenters. The lowest BCUT2D eigenvalue weighted by atomic mass is 9.97. The molecule has 0 radical (unpaired) electrons. The van der Waals surface area contributed by atoms with Gasteiger partial charge in [0.25, 0.3) is 0 Å². The monoisotopic (exact) mass is 275 g/mol. The van der Waals surface area contributed by atoms with E-state index in [4.69, 9.17) is 10.8 Å². The molecule has 3 N–H and O–H groups in total. The molecule has 0 aromatic heterocycles. The second-order valence-electron chi connectivity index (χ2n) is 3.25. The topological polar surface area (TPSA) is 63.3 Å². The molecule has 1 aromatic rings. The summed E-state index contributed by atoms with van der Waals surface area (Å²) < 4.78 is 14.1. The van der Waals surface area contributed by atoms with Crippen LogP contribution < -0.4 is 5.73 Å². The van der Waals surface area contributed by atoms with Gasteiger partial charge in [-0.1, -0.05) is 22.0 Å². The van der Waals surface area contributed by atoms with Crippen LogP contribution in [0, 0.1) is 12.7 Å². The van der Waals surface area contributed by atoms with Gasteiger partial charge in [0.2, 0.25) is 0 Å². The minimum absolute atomic E-state index is 0.118. The molecule has 1 rings (SSSR count). The molecule has 0 spiro atoms. The molecule has 1 aromatic carbocycles. The number of aryl methyl sites for hydroxylation is 1. The largest absolute Gasteiger partial charge is 0.481 e. The lowest BCUT2D eigenvalue weighted by Gasteiger charge is -2.12. The van der Waals surface area contributed by atoms with Gasteiger partial charge >= 0.3 is 5.97 Å².